The fourth-order valence-electron chi connectivity index (χ4n) is 2.04. The van der Waals surface area contributed by atoms with Crippen LogP contribution in [0.25, 0.3) is 10.2 Å². The fraction of sp³-hybridized carbons (Fsp3) is 0.111. The Hall–Kier alpha value is -2.91. The number of amides is 1. The van der Waals surface area contributed by atoms with Gasteiger partial charge >= 0.3 is 0 Å². The summed E-state index contributed by atoms with van der Waals surface area (Å²) in [5.74, 6) is -0.892. The number of nitrogens with one attached hydrogen (secondary N) is 1. The van der Waals surface area contributed by atoms with Crippen molar-refractivity contribution in [1.82, 2.24) is 10.4 Å². The van der Waals surface area contributed by atoms with E-state index in [0.717, 1.165) is 20.1 Å². The van der Waals surface area contributed by atoms with E-state index in [4.69, 9.17) is 4.74 Å². The first kappa shape index (κ1) is 18.9. The highest BCUT2D eigenvalue weighted by atomic mass is 32.2. The number of ether oxygens (including phenoxy) is 1. The molecule has 0 bridgehead atoms. The molecule has 2 aromatic carbocycles. The number of nitrogens with zero attached hydrogens (tertiary/aromatic N) is 2. The van der Waals surface area contributed by atoms with E-state index in [1.54, 1.807) is 35.6 Å². The monoisotopic (exact) mass is 400 g/mol. The molecule has 0 atom stereocenters. The van der Waals surface area contributed by atoms with Gasteiger partial charge in [0, 0.05) is 0 Å². The number of carboxylic acid groups (broad SMARTS) is 1. The van der Waals surface area contributed by atoms with Crippen LogP contribution in [-0.2, 0) is 9.59 Å². The zero-order chi connectivity index (χ0) is 19.1. The van der Waals surface area contributed by atoms with Crippen molar-refractivity contribution < 1.29 is 19.4 Å². The van der Waals surface area contributed by atoms with Gasteiger partial charge in [0.15, 0.2) is 4.34 Å². The van der Waals surface area contributed by atoms with Crippen molar-refractivity contribution in [2.45, 2.75) is 4.34 Å². The number of hydrazone groups is 1. The minimum absolute atomic E-state index is 0.215. The lowest BCUT2D eigenvalue weighted by atomic mass is 10.2. The first-order valence-corrected chi connectivity index (χ1v) is 9.63. The Morgan fingerprint density at radius 2 is 2.00 bits per heavy atom. The molecule has 138 valence electrons. The van der Waals surface area contributed by atoms with Gasteiger partial charge in [-0.2, -0.15) is 5.10 Å². The Kier molecular flexibility index (Phi) is 6.39. The lowest BCUT2D eigenvalue weighted by Crippen LogP contribution is -2.28. The number of aliphatic carboxylic acids is 1. The van der Waals surface area contributed by atoms with Crippen molar-refractivity contribution in [2.24, 2.45) is 5.10 Å². The minimum atomic E-state index is -1.29. The average molecular weight is 400 g/mol. The van der Waals surface area contributed by atoms with Gasteiger partial charge in [-0.1, -0.05) is 23.9 Å². The van der Waals surface area contributed by atoms with Crippen LogP contribution in [0.3, 0.4) is 0 Å². The Balaban J connectivity index is 1.44. The summed E-state index contributed by atoms with van der Waals surface area (Å²) < 4.78 is 6.90. The Morgan fingerprint density at radius 1 is 1.22 bits per heavy atom. The maximum atomic E-state index is 11.9. The molecular weight excluding hydrogens is 386 g/mol. The van der Waals surface area contributed by atoms with Gasteiger partial charge in [0.2, 0.25) is 0 Å². The van der Waals surface area contributed by atoms with E-state index in [0.29, 0.717) is 5.75 Å². The zero-order valence-electron chi connectivity index (χ0n) is 14.0. The first-order chi connectivity index (χ1) is 13.1. The standard InChI is InChI=1S/C18H15N3O4S2/c22-16(11-26-18-20-14-3-1-2-4-15(14)27-18)21-19-9-12-5-7-13(8-6-12)25-10-17(23)24/h1-9H,10-11H2,(H,21,22)(H,23,24)/p-1/b19-9-. The molecule has 0 saturated carbocycles. The highest BCUT2D eigenvalue weighted by Gasteiger charge is 2.06. The summed E-state index contributed by atoms with van der Waals surface area (Å²) in [7, 11) is 0. The molecule has 0 aliphatic carbocycles. The van der Waals surface area contributed by atoms with Crippen LogP contribution in [0.15, 0.2) is 58.0 Å². The Labute approximate surface area is 163 Å². The van der Waals surface area contributed by atoms with E-state index in [2.05, 4.69) is 15.5 Å². The van der Waals surface area contributed by atoms with Crippen LogP contribution in [0.2, 0.25) is 0 Å². The third kappa shape index (κ3) is 5.80. The second-order valence-electron chi connectivity index (χ2n) is 5.26. The van der Waals surface area contributed by atoms with Gasteiger partial charge in [-0.3, -0.25) is 4.79 Å². The largest absolute Gasteiger partial charge is 0.546 e. The number of aromatic nitrogens is 1. The Morgan fingerprint density at radius 3 is 2.74 bits per heavy atom. The van der Waals surface area contributed by atoms with Crippen LogP contribution in [0.4, 0.5) is 0 Å². The maximum absolute atomic E-state index is 11.9. The Bertz CT molecular complexity index is 937. The molecular formula is C18H14N3O4S2-. The summed E-state index contributed by atoms with van der Waals surface area (Å²) in [6.45, 7) is -0.504. The molecule has 0 aliphatic rings. The normalized spacial score (nSPS) is 11.0. The maximum Gasteiger partial charge on any atom is 0.250 e. The second-order valence-corrected chi connectivity index (χ2v) is 7.51. The summed E-state index contributed by atoms with van der Waals surface area (Å²) in [6.07, 6.45) is 1.49. The molecule has 0 unspecified atom stereocenters. The highest BCUT2D eigenvalue weighted by molar-refractivity contribution is 8.01. The van der Waals surface area contributed by atoms with E-state index in [9.17, 15) is 14.7 Å². The van der Waals surface area contributed by atoms with Crippen molar-refractivity contribution in [1.29, 1.82) is 0 Å². The molecule has 7 nitrogen and oxygen atoms in total. The average Bonchev–Trinajstić information content (AvgIpc) is 3.09. The molecule has 3 rings (SSSR count). The van der Waals surface area contributed by atoms with Crippen LogP contribution in [0, 0.1) is 0 Å². The van der Waals surface area contributed by atoms with Crippen LogP contribution < -0.4 is 15.3 Å². The van der Waals surface area contributed by atoms with E-state index < -0.39 is 12.6 Å². The molecule has 9 heteroatoms. The van der Waals surface area contributed by atoms with Crippen molar-refractivity contribution in [3.63, 3.8) is 0 Å². The topological polar surface area (TPSA) is 104 Å². The fourth-order valence-corrected chi connectivity index (χ4v) is 3.90. The first-order valence-electron chi connectivity index (χ1n) is 7.83. The molecule has 1 amide bonds. The number of carbonyl (C=O) groups is 2. The third-order valence-electron chi connectivity index (χ3n) is 3.24. The van der Waals surface area contributed by atoms with Crippen molar-refractivity contribution in [2.75, 3.05) is 12.4 Å². The molecule has 0 radical (unpaired) electrons. The van der Waals surface area contributed by atoms with E-state index in [-0.39, 0.29) is 11.7 Å². The van der Waals surface area contributed by atoms with Crippen molar-refractivity contribution in [3.05, 3.63) is 54.1 Å². The minimum Gasteiger partial charge on any atom is -0.546 e. The molecule has 1 heterocycles. The van der Waals surface area contributed by atoms with Gasteiger partial charge in [-0.05, 0) is 42.0 Å². The third-order valence-corrected chi connectivity index (χ3v) is 5.42. The summed E-state index contributed by atoms with van der Waals surface area (Å²) >= 11 is 2.91. The number of thiazole rings is 1. The lowest BCUT2D eigenvalue weighted by Gasteiger charge is -2.06. The summed E-state index contributed by atoms with van der Waals surface area (Å²) in [4.78, 5) is 26.7. The number of carbonyl (C=O) groups excluding carboxylic acids is 2. The van der Waals surface area contributed by atoms with Gasteiger partial charge in [0.05, 0.1) is 28.2 Å². The molecule has 0 saturated heterocycles. The lowest BCUT2D eigenvalue weighted by molar-refractivity contribution is -0.307. The van der Waals surface area contributed by atoms with E-state index in [1.807, 2.05) is 24.3 Å². The molecule has 0 fully saturated rings. The number of carboxylic acids is 1. The number of fused-ring (bicyclic) bond motifs is 1. The number of rotatable bonds is 8. The SMILES string of the molecule is O=C([O-])COc1ccc(/C=N\NC(=O)CSc2nc3ccccc3s2)cc1. The summed E-state index contributed by atoms with van der Waals surface area (Å²) in [5, 5.41) is 14.2. The zero-order valence-corrected chi connectivity index (χ0v) is 15.6. The van der Waals surface area contributed by atoms with E-state index >= 15 is 0 Å². The van der Waals surface area contributed by atoms with Gasteiger partial charge in [-0.15, -0.1) is 11.3 Å². The van der Waals surface area contributed by atoms with Crippen LogP contribution in [0.1, 0.15) is 5.56 Å². The molecule has 1 aromatic heterocycles. The van der Waals surface area contributed by atoms with Crippen LogP contribution in [0.5, 0.6) is 5.75 Å². The van der Waals surface area contributed by atoms with Crippen LogP contribution in [-0.4, -0.2) is 35.4 Å². The predicted octanol–water partition coefficient (Wildman–Crippen LogP) is 1.67. The summed E-state index contributed by atoms with van der Waals surface area (Å²) in [5.41, 5.74) is 4.12. The molecule has 27 heavy (non-hydrogen) atoms. The smallest absolute Gasteiger partial charge is 0.250 e. The van der Waals surface area contributed by atoms with Gasteiger partial charge in [-0.25, -0.2) is 10.4 Å². The molecule has 0 spiro atoms. The van der Waals surface area contributed by atoms with Crippen molar-refractivity contribution >= 4 is 51.4 Å². The highest BCUT2D eigenvalue weighted by Crippen LogP contribution is 2.28. The molecule has 0 aliphatic heterocycles. The number of hydrogen-bond acceptors (Lipinski definition) is 8. The quantitative estimate of drug-likeness (QED) is 0.350. The number of thioether (sulfide) groups is 1. The van der Waals surface area contributed by atoms with Gasteiger partial charge < -0.3 is 14.6 Å². The number of benzene rings is 2. The summed E-state index contributed by atoms with van der Waals surface area (Å²) in [6, 6.07) is 14.4. The molecule has 3 aromatic rings. The number of para-hydroxylation sites is 1. The van der Waals surface area contributed by atoms with Crippen molar-refractivity contribution in [3.8, 4) is 5.75 Å². The van der Waals surface area contributed by atoms with Gasteiger partial charge in [0.25, 0.3) is 5.91 Å². The second kappa shape index (κ2) is 9.15. The number of hydrogen-bond donors (Lipinski definition) is 1. The van der Waals surface area contributed by atoms with Crippen LogP contribution >= 0.6 is 23.1 Å². The predicted molar refractivity (Wildman–Crippen MR) is 103 cm³/mol. The van der Waals surface area contributed by atoms with Gasteiger partial charge in [0.1, 0.15) is 12.4 Å². The van der Waals surface area contributed by atoms with E-state index in [1.165, 1.54) is 18.0 Å². The molecule has 1 N–H and O–H groups in total.